The van der Waals surface area contributed by atoms with E-state index in [1.54, 1.807) is 18.4 Å². The first kappa shape index (κ1) is 10.6. The van der Waals surface area contributed by atoms with Gasteiger partial charge in [-0.1, -0.05) is 0 Å². The molecule has 0 aromatic carbocycles. The van der Waals surface area contributed by atoms with Crippen molar-refractivity contribution in [1.82, 2.24) is 4.98 Å². The maximum atomic E-state index is 9.66. The Morgan fingerprint density at radius 2 is 2.23 bits per heavy atom. The van der Waals surface area contributed by atoms with E-state index in [-0.39, 0.29) is 0 Å². The zero-order chi connectivity index (χ0) is 9.84. The molecule has 1 rings (SSSR count). The van der Waals surface area contributed by atoms with E-state index in [1.807, 2.05) is 13.8 Å². The summed E-state index contributed by atoms with van der Waals surface area (Å²) in [5.74, 6) is 0. The number of rotatable bonds is 4. The Labute approximate surface area is 82.4 Å². The fraction of sp³-hybridized carbons (Fsp3) is 0.667. The lowest BCUT2D eigenvalue weighted by molar-refractivity contribution is 0.110. The van der Waals surface area contributed by atoms with Gasteiger partial charge in [-0.25, -0.2) is 4.98 Å². The number of aliphatic hydroxyl groups excluding tert-OH is 1. The van der Waals surface area contributed by atoms with Crippen molar-refractivity contribution in [2.45, 2.75) is 26.4 Å². The van der Waals surface area contributed by atoms with Gasteiger partial charge in [0.2, 0.25) is 0 Å². The van der Waals surface area contributed by atoms with E-state index in [0.29, 0.717) is 13.0 Å². The predicted molar refractivity (Wildman–Crippen MR) is 53.0 cm³/mol. The lowest BCUT2D eigenvalue weighted by Crippen LogP contribution is -2.01. The summed E-state index contributed by atoms with van der Waals surface area (Å²) in [6, 6.07) is 0. The molecule has 0 fully saturated rings. The van der Waals surface area contributed by atoms with Gasteiger partial charge in [0.15, 0.2) is 0 Å². The summed E-state index contributed by atoms with van der Waals surface area (Å²) in [5.41, 5.74) is 1.01. The molecule has 1 aromatic rings. The number of thiazole rings is 1. The van der Waals surface area contributed by atoms with Gasteiger partial charge in [-0.3, -0.25) is 0 Å². The summed E-state index contributed by atoms with van der Waals surface area (Å²) in [6.45, 7) is 4.54. The van der Waals surface area contributed by atoms with Crippen LogP contribution in [0.25, 0.3) is 0 Å². The van der Waals surface area contributed by atoms with Gasteiger partial charge in [-0.05, 0) is 13.8 Å². The second-order valence-corrected chi connectivity index (χ2v) is 4.23. The summed E-state index contributed by atoms with van der Waals surface area (Å²) in [7, 11) is 1.63. The maximum absolute atomic E-state index is 9.66. The third-order valence-corrected chi connectivity index (χ3v) is 3.10. The average molecular weight is 201 g/mol. The fourth-order valence-corrected chi connectivity index (χ4v) is 1.94. The van der Waals surface area contributed by atoms with Gasteiger partial charge >= 0.3 is 0 Å². The molecule has 4 heteroatoms. The molecule has 1 aromatic heterocycles. The van der Waals surface area contributed by atoms with Gasteiger partial charge in [-0.15, -0.1) is 11.3 Å². The third-order valence-electron chi connectivity index (χ3n) is 1.93. The molecule has 0 spiro atoms. The molecule has 0 amide bonds. The summed E-state index contributed by atoms with van der Waals surface area (Å²) in [6.07, 6.45) is 0.139. The maximum Gasteiger partial charge on any atom is 0.122 e. The van der Waals surface area contributed by atoms with Crippen molar-refractivity contribution in [2.75, 3.05) is 13.7 Å². The van der Waals surface area contributed by atoms with Crippen LogP contribution in [-0.4, -0.2) is 23.8 Å². The predicted octanol–water partition coefficient (Wildman–Crippen LogP) is 1.83. The lowest BCUT2D eigenvalue weighted by atomic mass is 10.3. The van der Waals surface area contributed by atoms with Crippen LogP contribution in [0.15, 0.2) is 0 Å². The molecular weight excluding hydrogens is 186 g/mol. The van der Waals surface area contributed by atoms with Crippen molar-refractivity contribution in [3.8, 4) is 0 Å². The van der Waals surface area contributed by atoms with E-state index < -0.39 is 6.10 Å². The first-order valence-corrected chi connectivity index (χ1v) is 5.07. The van der Waals surface area contributed by atoms with E-state index in [2.05, 4.69) is 4.98 Å². The number of aromatic nitrogens is 1. The third kappa shape index (κ3) is 2.76. The van der Waals surface area contributed by atoms with Gasteiger partial charge in [-0.2, -0.15) is 0 Å². The topological polar surface area (TPSA) is 42.4 Å². The van der Waals surface area contributed by atoms with Crippen LogP contribution < -0.4 is 0 Å². The second-order valence-electron chi connectivity index (χ2n) is 2.99. The van der Waals surface area contributed by atoms with Crippen LogP contribution in [0.3, 0.4) is 0 Å². The fourth-order valence-electron chi connectivity index (χ4n) is 0.993. The van der Waals surface area contributed by atoms with Crippen LogP contribution in [0.4, 0.5) is 0 Å². The van der Waals surface area contributed by atoms with Gasteiger partial charge in [0.05, 0.1) is 5.69 Å². The van der Waals surface area contributed by atoms with Crippen molar-refractivity contribution >= 4 is 11.3 Å². The molecule has 0 radical (unpaired) electrons. The zero-order valence-corrected chi connectivity index (χ0v) is 9.02. The first-order valence-electron chi connectivity index (χ1n) is 4.26. The highest BCUT2D eigenvalue weighted by Gasteiger charge is 2.12. The number of aryl methyl sites for hydroxylation is 2. The van der Waals surface area contributed by atoms with Crippen molar-refractivity contribution in [3.63, 3.8) is 0 Å². The molecule has 0 saturated heterocycles. The van der Waals surface area contributed by atoms with Crippen LogP contribution in [0.2, 0.25) is 0 Å². The zero-order valence-electron chi connectivity index (χ0n) is 8.20. The van der Waals surface area contributed by atoms with Crippen molar-refractivity contribution in [3.05, 3.63) is 15.6 Å². The Kier molecular flexibility index (Phi) is 3.84. The van der Waals surface area contributed by atoms with Gasteiger partial charge < -0.3 is 9.84 Å². The first-order chi connectivity index (χ1) is 6.15. The van der Waals surface area contributed by atoms with E-state index >= 15 is 0 Å². The van der Waals surface area contributed by atoms with E-state index in [0.717, 1.165) is 10.7 Å². The Morgan fingerprint density at radius 1 is 1.54 bits per heavy atom. The molecule has 0 aliphatic heterocycles. The number of hydrogen-bond donors (Lipinski definition) is 1. The number of aliphatic hydroxyl groups is 1. The summed E-state index contributed by atoms with van der Waals surface area (Å²) in [4.78, 5) is 5.45. The smallest absolute Gasteiger partial charge is 0.122 e. The standard InChI is InChI=1S/C9H15NO2S/c1-6-7(2)13-9(10-6)8(11)4-5-12-3/h8,11H,4-5H2,1-3H3. The normalized spacial score (nSPS) is 13.2. The number of hydrogen-bond acceptors (Lipinski definition) is 4. The monoisotopic (exact) mass is 201 g/mol. The highest BCUT2D eigenvalue weighted by molar-refractivity contribution is 7.11. The minimum absolute atomic E-state index is 0.475. The van der Waals surface area contributed by atoms with Gasteiger partial charge in [0.25, 0.3) is 0 Å². The summed E-state index contributed by atoms with van der Waals surface area (Å²) >= 11 is 1.56. The van der Waals surface area contributed by atoms with E-state index in [9.17, 15) is 5.11 Å². The summed E-state index contributed by atoms with van der Waals surface area (Å²) in [5, 5.41) is 10.5. The van der Waals surface area contributed by atoms with Crippen molar-refractivity contribution in [1.29, 1.82) is 0 Å². The molecule has 1 unspecified atom stereocenters. The second kappa shape index (κ2) is 4.69. The quantitative estimate of drug-likeness (QED) is 0.808. The largest absolute Gasteiger partial charge is 0.386 e. The molecule has 0 saturated carbocycles. The van der Waals surface area contributed by atoms with Crippen LogP contribution in [-0.2, 0) is 4.74 Å². The van der Waals surface area contributed by atoms with Gasteiger partial charge in [0.1, 0.15) is 11.1 Å². The Morgan fingerprint density at radius 3 is 2.69 bits per heavy atom. The minimum Gasteiger partial charge on any atom is -0.386 e. The van der Waals surface area contributed by atoms with Crippen LogP contribution in [0.5, 0.6) is 0 Å². The SMILES string of the molecule is COCCC(O)c1nc(C)c(C)s1. The molecule has 1 atom stereocenters. The average Bonchev–Trinajstić information content (AvgIpc) is 2.43. The van der Waals surface area contributed by atoms with Crippen molar-refractivity contribution in [2.24, 2.45) is 0 Å². The van der Waals surface area contributed by atoms with E-state index in [4.69, 9.17) is 4.74 Å². The van der Waals surface area contributed by atoms with E-state index in [1.165, 1.54) is 4.88 Å². The highest BCUT2D eigenvalue weighted by atomic mass is 32.1. The molecule has 1 N–H and O–H groups in total. The van der Waals surface area contributed by atoms with Crippen molar-refractivity contribution < 1.29 is 9.84 Å². The van der Waals surface area contributed by atoms with Gasteiger partial charge in [0, 0.05) is 25.0 Å². The lowest BCUT2D eigenvalue weighted by Gasteiger charge is -2.05. The van der Waals surface area contributed by atoms with Crippen LogP contribution in [0, 0.1) is 13.8 Å². The van der Waals surface area contributed by atoms with Crippen LogP contribution in [0.1, 0.15) is 28.1 Å². The Bertz CT molecular complexity index is 253. The molecule has 74 valence electrons. The molecule has 0 aliphatic carbocycles. The Balaban J connectivity index is 2.60. The van der Waals surface area contributed by atoms with Crippen LogP contribution >= 0.6 is 11.3 Å². The number of nitrogens with zero attached hydrogens (tertiary/aromatic N) is 1. The molecule has 3 nitrogen and oxygen atoms in total. The molecule has 13 heavy (non-hydrogen) atoms. The Hall–Kier alpha value is -0.450. The number of ether oxygens (including phenoxy) is 1. The molecule has 1 heterocycles. The number of methoxy groups -OCH3 is 1. The summed E-state index contributed by atoms with van der Waals surface area (Å²) < 4.78 is 4.89. The minimum atomic E-state index is -0.475. The highest BCUT2D eigenvalue weighted by Crippen LogP contribution is 2.24. The molecular formula is C9H15NO2S. The molecule has 0 bridgehead atoms. The molecule has 0 aliphatic rings.